The van der Waals surface area contributed by atoms with E-state index in [9.17, 15) is 4.79 Å². The number of amides is 1. The molecule has 7 heteroatoms. The van der Waals surface area contributed by atoms with Crippen LogP contribution in [0.5, 0.6) is 0 Å². The van der Waals surface area contributed by atoms with E-state index in [0.29, 0.717) is 22.0 Å². The summed E-state index contributed by atoms with van der Waals surface area (Å²) in [5.74, 6) is 0.383. The van der Waals surface area contributed by atoms with Gasteiger partial charge in [0.15, 0.2) is 6.61 Å². The van der Waals surface area contributed by atoms with Gasteiger partial charge in [0, 0.05) is 11.1 Å². The number of nitrogens with zero attached hydrogens (tertiary/aromatic N) is 3. The van der Waals surface area contributed by atoms with Crippen LogP contribution in [0.4, 0.5) is 0 Å². The summed E-state index contributed by atoms with van der Waals surface area (Å²) in [6, 6.07) is 5.44. The highest BCUT2D eigenvalue weighted by atomic mass is 35.5. The maximum Gasteiger partial charge on any atom is 0.261 e. The Labute approximate surface area is 133 Å². The quantitative estimate of drug-likeness (QED) is 0.937. The third kappa shape index (κ3) is 3.32. The van der Waals surface area contributed by atoms with Crippen molar-refractivity contribution in [2.24, 2.45) is 5.92 Å². The van der Waals surface area contributed by atoms with Crippen molar-refractivity contribution in [1.82, 2.24) is 20.5 Å². The summed E-state index contributed by atoms with van der Waals surface area (Å²) in [7, 11) is 0. The molecule has 2 atom stereocenters. The Morgan fingerprint density at radius 3 is 3.09 bits per heavy atom. The Kier molecular flexibility index (Phi) is 4.47. The molecule has 0 unspecified atom stereocenters. The average molecular weight is 323 g/mol. The average Bonchev–Trinajstić information content (AvgIpc) is 2.90. The highest BCUT2D eigenvalue weighted by Gasteiger charge is 2.23. The molecule has 1 aliphatic rings. The summed E-state index contributed by atoms with van der Waals surface area (Å²) in [6.07, 6.45) is 4.62. The van der Waals surface area contributed by atoms with Crippen molar-refractivity contribution in [1.29, 1.82) is 0 Å². The first-order valence-corrected chi connectivity index (χ1v) is 7.95. The Hall–Kier alpha value is -1.82. The molecule has 0 saturated heterocycles. The fourth-order valence-corrected chi connectivity index (χ4v) is 3.03. The van der Waals surface area contributed by atoms with Crippen LogP contribution in [0.2, 0.25) is 5.02 Å². The maximum absolute atomic E-state index is 12.0. The van der Waals surface area contributed by atoms with Gasteiger partial charge in [0.25, 0.3) is 5.91 Å². The molecule has 1 saturated carbocycles. The molecule has 1 aliphatic carbocycles. The van der Waals surface area contributed by atoms with E-state index in [0.717, 1.165) is 12.8 Å². The number of carbonyl (C=O) groups excluding carboxylic acids is 1. The molecule has 1 fully saturated rings. The van der Waals surface area contributed by atoms with Gasteiger partial charge in [0.05, 0.1) is 0 Å². The second-order valence-electron chi connectivity index (χ2n) is 5.80. The predicted molar refractivity (Wildman–Crippen MR) is 83.5 cm³/mol. The molecule has 22 heavy (non-hydrogen) atoms. The smallest absolute Gasteiger partial charge is 0.261 e. The first kappa shape index (κ1) is 15.1. The topological polar surface area (TPSA) is 69.0 Å². The first-order valence-electron chi connectivity index (χ1n) is 7.57. The third-order valence-electron chi connectivity index (χ3n) is 4.15. The van der Waals surface area contributed by atoms with Crippen molar-refractivity contribution >= 4 is 28.5 Å². The number of halogens is 1. The molecule has 6 nitrogen and oxygen atoms in total. The van der Waals surface area contributed by atoms with Crippen molar-refractivity contribution in [3.8, 4) is 0 Å². The second kappa shape index (κ2) is 6.52. The summed E-state index contributed by atoms with van der Waals surface area (Å²) in [5, 5.41) is 11.4. The van der Waals surface area contributed by atoms with Crippen molar-refractivity contribution in [2.75, 3.05) is 6.61 Å². The van der Waals surface area contributed by atoms with Crippen molar-refractivity contribution < 1.29 is 9.63 Å². The standard InChI is InChI=1S/C15H19ClN4O2/c1-10-4-2-3-5-12(10)17-15(21)9-22-20-14-8-11(16)6-7-13(14)18-19-20/h6-8,10,12H,2-5,9H2,1H3,(H,17,21)/t10-,12+/m1/s1. The summed E-state index contributed by atoms with van der Waals surface area (Å²) in [4.78, 5) is 18.7. The van der Waals surface area contributed by atoms with Gasteiger partial charge in [0.1, 0.15) is 11.0 Å². The molecule has 3 rings (SSSR count). The number of hydrogen-bond acceptors (Lipinski definition) is 4. The minimum Gasteiger partial charge on any atom is -0.385 e. The Morgan fingerprint density at radius 2 is 2.27 bits per heavy atom. The minimum absolute atomic E-state index is 0.0891. The molecular formula is C15H19ClN4O2. The zero-order valence-corrected chi connectivity index (χ0v) is 13.2. The lowest BCUT2D eigenvalue weighted by atomic mass is 9.86. The first-order chi connectivity index (χ1) is 10.6. The molecule has 2 aromatic rings. The van der Waals surface area contributed by atoms with Crippen LogP contribution in [0.25, 0.3) is 11.0 Å². The van der Waals surface area contributed by atoms with Crippen LogP contribution < -0.4 is 10.2 Å². The molecule has 1 aromatic heterocycles. The van der Waals surface area contributed by atoms with Crippen LogP contribution in [-0.4, -0.2) is 33.7 Å². The van der Waals surface area contributed by atoms with E-state index in [2.05, 4.69) is 22.6 Å². The Bertz CT molecular complexity index is 673. The van der Waals surface area contributed by atoms with E-state index in [1.807, 2.05) is 0 Å². The van der Waals surface area contributed by atoms with Crippen LogP contribution in [0, 0.1) is 5.92 Å². The summed E-state index contributed by atoms with van der Waals surface area (Å²) in [5.41, 5.74) is 1.32. The van der Waals surface area contributed by atoms with Crippen molar-refractivity contribution in [3.63, 3.8) is 0 Å². The van der Waals surface area contributed by atoms with Gasteiger partial charge in [-0.15, -0.1) is 5.10 Å². The van der Waals surface area contributed by atoms with Gasteiger partial charge in [-0.3, -0.25) is 4.79 Å². The zero-order chi connectivity index (χ0) is 15.5. The number of rotatable bonds is 4. The molecule has 118 valence electrons. The molecule has 1 amide bonds. The number of nitrogens with one attached hydrogen (secondary N) is 1. The van der Waals surface area contributed by atoms with E-state index in [1.54, 1.807) is 18.2 Å². The van der Waals surface area contributed by atoms with E-state index in [1.165, 1.54) is 17.7 Å². The van der Waals surface area contributed by atoms with Gasteiger partial charge >= 0.3 is 0 Å². The number of hydrogen-bond donors (Lipinski definition) is 1. The van der Waals surface area contributed by atoms with Gasteiger partial charge in [-0.2, -0.15) is 0 Å². The summed E-state index contributed by atoms with van der Waals surface area (Å²) >= 11 is 5.95. The normalized spacial score (nSPS) is 21.7. The van der Waals surface area contributed by atoms with Gasteiger partial charge in [-0.05, 0) is 42.2 Å². The molecule has 1 aromatic carbocycles. The fraction of sp³-hybridized carbons (Fsp3) is 0.533. The molecular weight excluding hydrogens is 304 g/mol. The maximum atomic E-state index is 12.0. The van der Waals surface area contributed by atoms with E-state index >= 15 is 0 Å². The van der Waals surface area contributed by atoms with E-state index in [4.69, 9.17) is 16.4 Å². The Balaban J connectivity index is 1.59. The highest BCUT2D eigenvalue weighted by Crippen LogP contribution is 2.23. The van der Waals surface area contributed by atoms with Crippen LogP contribution in [0.1, 0.15) is 32.6 Å². The molecule has 0 aliphatic heterocycles. The van der Waals surface area contributed by atoms with Gasteiger partial charge in [-0.25, -0.2) is 0 Å². The predicted octanol–water partition coefficient (Wildman–Crippen LogP) is 2.21. The van der Waals surface area contributed by atoms with Gasteiger partial charge in [0.2, 0.25) is 0 Å². The molecule has 0 spiro atoms. The van der Waals surface area contributed by atoms with Gasteiger partial charge < -0.3 is 10.2 Å². The number of carbonyl (C=O) groups is 1. The number of benzene rings is 1. The van der Waals surface area contributed by atoms with Crippen molar-refractivity contribution in [2.45, 2.75) is 38.6 Å². The van der Waals surface area contributed by atoms with Crippen LogP contribution >= 0.6 is 11.6 Å². The van der Waals surface area contributed by atoms with E-state index in [-0.39, 0.29) is 18.6 Å². The second-order valence-corrected chi connectivity index (χ2v) is 6.24. The lowest BCUT2D eigenvalue weighted by Crippen LogP contribution is -2.43. The summed E-state index contributed by atoms with van der Waals surface area (Å²) < 4.78 is 0. The van der Waals surface area contributed by atoms with Crippen molar-refractivity contribution in [3.05, 3.63) is 23.2 Å². The lowest BCUT2D eigenvalue weighted by Gasteiger charge is -2.29. The molecule has 1 N–H and O–H groups in total. The zero-order valence-electron chi connectivity index (χ0n) is 12.5. The number of fused-ring (bicyclic) bond motifs is 1. The van der Waals surface area contributed by atoms with E-state index < -0.39 is 0 Å². The van der Waals surface area contributed by atoms with Crippen LogP contribution in [0.15, 0.2) is 18.2 Å². The SMILES string of the molecule is C[C@@H]1CCCC[C@@H]1NC(=O)COn1nnc2ccc(Cl)cc21. The third-order valence-corrected chi connectivity index (χ3v) is 4.39. The van der Waals surface area contributed by atoms with Crippen LogP contribution in [0.3, 0.4) is 0 Å². The van der Waals surface area contributed by atoms with Gasteiger partial charge in [-0.1, -0.05) is 36.2 Å². The largest absolute Gasteiger partial charge is 0.385 e. The molecule has 0 radical (unpaired) electrons. The monoisotopic (exact) mass is 322 g/mol. The lowest BCUT2D eigenvalue weighted by molar-refractivity contribution is -0.127. The highest BCUT2D eigenvalue weighted by molar-refractivity contribution is 6.31. The Morgan fingerprint density at radius 1 is 1.45 bits per heavy atom. The van der Waals surface area contributed by atoms with Crippen LogP contribution in [-0.2, 0) is 4.79 Å². The fourth-order valence-electron chi connectivity index (χ4n) is 2.87. The molecule has 0 bridgehead atoms. The minimum atomic E-state index is -0.135. The number of aromatic nitrogens is 3. The summed E-state index contributed by atoms with van der Waals surface area (Å²) in [6.45, 7) is 2.09. The molecule has 1 heterocycles.